The molecule has 0 spiro atoms. The Balaban J connectivity index is 1.45. The Kier molecular flexibility index (Phi) is 6.49. The summed E-state index contributed by atoms with van der Waals surface area (Å²) < 4.78 is 0. The molecule has 5 heteroatoms. The normalized spacial score (nSPS) is 21.7. The third-order valence-corrected chi connectivity index (χ3v) is 8.55. The summed E-state index contributed by atoms with van der Waals surface area (Å²) in [5.41, 5.74) is 5.77. The van der Waals surface area contributed by atoms with Crippen LogP contribution in [0.4, 0.5) is 5.13 Å². The molecule has 2 aromatic rings. The molecule has 0 unspecified atom stereocenters. The van der Waals surface area contributed by atoms with E-state index in [-0.39, 0.29) is 17.4 Å². The first kappa shape index (κ1) is 22.8. The summed E-state index contributed by atoms with van der Waals surface area (Å²) in [6, 6.07) is 7.00. The number of benzene rings is 1. The lowest BCUT2D eigenvalue weighted by Gasteiger charge is -2.42. The van der Waals surface area contributed by atoms with Crippen LogP contribution >= 0.6 is 11.3 Å². The predicted octanol–water partition coefficient (Wildman–Crippen LogP) is 5.51. The maximum absolute atomic E-state index is 9.60. The molecule has 1 aliphatic heterocycles. The summed E-state index contributed by atoms with van der Waals surface area (Å²) >= 11 is 1.75. The maximum Gasteiger partial charge on any atom is 0.185 e. The summed E-state index contributed by atoms with van der Waals surface area (Å²) in [4.78, 5) is 7.44. The molecule has 0 amide bonds. The predicted molar refractivity (Wildman–Crippen MR) is 130 cm³/mol. The number of aliphatic hydroxyl groups excluding tert-OH is 2. The molecule has 1 aromatic heterocycles. The van der Waals surface area contributed by atoms with Gasteiger partial charge < -0.3 is 15.1 Å². The van der Waals surface area contributed by atoms with Crippen molar-refractivity contribution in [1.82, 2.24) is 4.98 Å². The van der Waals surface area contributed by atoms with Crippen molar-refractivity contribution in [3.63, 3.8) is 0 Å². The number of rotatable bonds is 6. The Morgan fingerprint density at radius 1 is 1.10 bits per heavy atom. The number of nitrogens with zero attached hydrogens (tertiary/aromatic N) is 2. The highest BCUT2D eigenvalue weighted by atomic mass is 32.1. The summed E-state index contributed by atoms with van der Waals surface area (Å²) in [6.07, 6.45) is 5.87. The van der Waals surface area contributed by atoms with Crippen molar-refractivity contribution in [3.8, 4) is 11.3 Å². The fourth-order valence-electron chi connectivity index (χ4n) is 5.22. The van der Waals surface area contributed by atoms with Crippen LogP contribution in [-0.2, 0) is 10.8 Å². The van der Waals surface area contributed by atoms with Gasteiger partial charge in [0.1, 0.15) is 0 Å². The molecule has 31 heavy (non-hydrogen) atoms. The van der Waals surface area contributed by atoms with Crippen molar-refractivity contribution >= 4 is 16.5 Å². The van der Waals surface area contributed by atoms with E-state index in [0.717, 1.165) is 43.2 Å². The molecule has 1 saturated heterocycles. The van der Waals surface area contributed by atoms with Crippen LogP contribution in [0.15, 0.2) is 23.6 Å². The van der Waals surface area contributed by atoms with E-state index in [9.17, 15) is 5.11 Å². The van der Waals surface area contributed by atoms with E-state index in [0.29, 0.717) is 12.3 Å². The Morgan fingerprint density at radius 3 is 2.45 bits per heavy atom. The average Bonchev–Trinajstić information content (AvgIpc) is 3.26. The SMILES string of the molecule is CC1(C)CCC(C)(C)c2cc(-c3csc(N4CCC(CC[C@H](O)CO)CC4)n3)ccc21. The molecule has 1 fully saturated rings. The fraction of sp³-hybridized carbons (Fsp3) is 0.654. The largest absolute Gasteiger partial charge is 0.394 e. The maximum atomic E-state index is 9.60. The monoisotopic (exact) mass is 442 g/mol. The highest BCUT2D eigenvalue weighted by Crippen LogP contribution is 2.47. The van der Waals surface area contributed by atoms with Gasteiger partial charge in [0.05, 0.1) is 18.4 Å². The van der Waals surface area contributed by atoms with E-state index in [1.54, 1.807) is 11.3 Å². The van der Waals surface area contributed by atoms with Gasteiger partial charge in [-0.1, -0.05) is 39.8 Å². The lowest BCUT2D eigenvalue weighted by Crippen LogP contribution is -2.34. The number of aliphatic hydroxyl groups is 2. The van der Waals surface area contributed by atoms with Crippen LogP contribution < -0.4 is 4.90 Å². The van der Waals surface area contributed by atoms with Gasteiger partial charge in [-0.25, -0.2) is 4.98 Å². The Hall–Kier alpha value is -1.43. The molecule has 2 heterocycles. The van der Waals surface area contributed by atoms with Crippen molar-refractivity contribution in [2.24, 2.45) is 5.92 Å². The molecule has 0 radical (unpaired) electrons. The number of hydrogen-bond donors (Lipinski definition) is 2. The van der Waals surface area contributed by atoms with E-state index >= 15 is 0 Å². The van der Waals surface area contributed by atoms with Crippen LogP contribution in [-0.4, -0.2) is 41.0 Å². The number of hydrogen-bond acceptors (Lipinski definition) is 5. The minimum absolute atomic E-state index is 0.127. The number of anilines is 1. The molecule has 4 nitrogen and oxygen atoms in total. The van der Waals surface area contributed by atoms with E-state index in [2.05, 4.69) is 56.2 Å². The van der Waals surface area contributed by atoms with Gasteiger partial charge in [0.2, 0.25) is 0 Å². The minimum Gasteiger partial charge on any atom is -0.394 e. The van der Waals surface area contributed by atoms with E-state index in [1.807, 2.05) is 0 Å². The smallest absolute Gasteiger partial charge is 0.185 e. The minimum atomic E-state index is -0.563. The Bertz CT molecular complexity index is 897. The first-order chi connectivity index (χ1) is 14.7. The van der Waals surface area contributed by atoms with Gasteiger partial charge in [-0.05, 0) is 72.5 Å². The lowest BCUT2D eigenvalue weighted by atomic mass is 9.63. The topological polar surface area (TPSA) is 56.6 Å². The van der Waals surface area contributed by atoms with Crippen molar-refractivity contribution in [1.29, 1.82) is 0 Å². The fourth-order valence-corrected chi connectivity index (χ4v) is 6.11. The highest BCUT2D eigenvalue weighted by molar-refractivity contribution is 7.14. The first-order valence-corrected chi connectivity index (χ1v) is 12.7. The molecule has 1 aromatic carbocycles. The van der Waals surface area contributed by atoms with Crippen LogP contribution in [0.5, 0.6) is 0 Å². The van der Waals surface area contributed by atoms with E-state index in [4.69, 9.17) is 10.1 Å². The van der Waals surface area contributed by atoms with E-state index < -0.39 is 6.10 Å². The summed E-state index contributed by atoms with van der Waals surface area (Å²) in [6.45, 7) is 11.4. The quantitative estimate of drug-likeness (QED) is 0.619. The molecule has 4 rings (SSSR count). The molecular weight excluding hydrogens is 404 g/mol. The summed E-state index contributed by atoms with van der Waals surface area (Å²) in [5, 5.41) is 21.9. The zero-order valence-corrected chi connectivity index (χ0v) is 20.3. The van der Waals surface area contributed by atoms with Gasteiger partial charge in [-0.15, -0.1) is 11.3 Å². The van der Waals surface area contributed by atoms with Crippen molar-refractivity contribution < 1.29 is 10.2 Å². The van der Waals surface area contributed by atoms with Gasteiger partial charge >= 0.3 is 0 Å². The Morgan fingerprint density at radius 2 is 1.77 bits per heavy atom. The second-order valence-corrected chi connectivity index (χ2v) is 11.7. The first-order valence-electron chi connectivity index (χ1n) is 11.8. The van der Waals surface area contributed by atoms with Gasteiger partial charge in [-0.2, -0.15) is 0 Å². The standard InChI is InChI=1S/C26H38N2O2S/c1-25(2)11-12-26(3,4)22-15-19(6-8-21(22)25)23-17-31-24(27-23)28-13-9-18(10-14-28)5-7-20(30)16-29/h6,8,15,17-18,20,29-30H,5,7,9-14,16H2,1-4H3/t20-/m0/s1. The van der Waals surface area contributed by atoms with Crippen LogP contribution in [0, 0.1) is 5.92 Å². The van der Waals surface area contributed by atoms with Gasteiger partial charge in [0.15, 0.2) is 5.13 Å². The van der Waals surface area contributed by atoms with Crippen molar-refractivity contribution in [3.05, 3.63) is 34.7 Å². The number of fused-ring (bicyclic) bond motifs is 1. The summed E-state index contributed by atoms with van der Waals surface area (Å²) in [5.74, 6) is 0.642. The van der Waals surface area contributed by atoms with Crippen molar-refractivity contribution in [2.45, 2.75) is 83.2 Å². The molecule has 1 atom stereocenters. The van der Waals surface area contributed by atoms with Crippen LogP contribution in [0.1, 0.15) is 77.3 Å². The molecule has 0 saturated carbocycles. The van der Waals surface area contributed by atoms with Crippen molar-refractivity contribution in [2.75, 3.05) is 24.6 Å². The van der Waals surface area contributed by atoms with Crippen LogP contribution in [0.3, 0.4) is 0 Å². The van der Waals surface area contributed by atoms with Crippen LogP contribution in [0.2, 0.25) is 0 Å². The zero-order chi connectivity index (χ0) is 22.2. The molecule has 1 aliphatic carbocycles. The molecular formula is C26H38N2O2S. The van der Waals surface area contributed by atoms with Gasteiger partial charge in [-0.3, -0.25) is 0 Å². The third kappa shape index (κ3) is 4.84. The number of aromatic nitrogens is 1. The molecule has 0 bridgehead atoms. The molecule has 2 N–H and O–H groups in total. The molecule has 170 valence electrons. The second-order valence-electron chi connectivity index (χ2n) is 10.9. The summed E-state index contributed by atoms with van der Waals surface area (Å²) in [7, 11) is 0. The number of thiazole rings is 1. The Labute approximate surface area is 191 Å². The van der Waals surface area contributed by atoms with Crippen LogP contribution in [0.25, 0.3) is 11.3 Å². The zero-order valence-electron chi connectivity index (χ0n) is 19.5. The highest BCUT2D eigenvalue weighted by Gasteiger charge is 2.37. The molecule has 2 aliphatic rings. The second kappa shape index (κ2) is 8.84. The lowest BCUT2D eigenvalue weighted by molar-refractivity contribution is 0.0812. The van der Waals surface area contributed by atoms with Gasteiger partial charge in [0, 0.05) is 24.0 Å². The van der Waals surface area contributed by atoms with Gasteiger partial charge in [0.25, 0.3) is 0 Å². The average molecular weight is 443 g/mol. The van der Waals surface area contributed by atoms with E-state index in [1.165, 1.54) is 29.5 Å². The third-order valence-electron chi connectivity index (χ3n) is 7.64. The number of piperidine rings is 1.